The topological polar surface area (TPSA) is 76.2 Å². The third-order valence-corrected chi connectivity index (χ3v) is 4.50. The minimum absolute atomic E-state index is 0.114. The Balaban J connectivity index is 1.84. The van der Waals surface area contributed by atoms with Crippen LogP contribution in [0.1, 0.15) is 45.7 Å². The fourth-order valence-electron chi connectivity index (χ4n) is 3.58. The predicted octanol–water partition coefficient (Wildman–Crippen LogP) is 1.54. The first-order chi connectivity index (χ1) is 11.3. The molecule has 0 saturated carbocycles. The number of nitrogens with one attached hydrogen (secondary N) is 1. The van der Waals surface area contributed by atoms with Gasteiger partial charge in [-0.25, -0.2) is 0 Å². The average Bonchev–Trinajstić information content (AvgIpc) is 3.02. The van der Waals surface area contributed by atoms with Crippen molar-refractivity contribution in [1.82, 2.24) is 20.0 Å². The molecule has 1 saturated heterocycles. The summed E-state index contributed by atoms with van der Waals surface area (Å²) in [7, 11) is 0. The van der Waals surface area contributed by atoms with Crippen molar-refractivity contribution in [3.63, 3.8) is 0 Å². The number of amides is 1. The number of carbonyl (C=O) groups is 1. The highest BCUT2D eigenvalue weighted by molar-refractivity contribution is 5.76. The van der Waals surface area contributed by atoms with Crippen LogP contribution in [0.3, 0.4) is 0 Å². The van der Waals surface area contributed by atoms with E-state index >= 15 is 0 Å². The minimum atomic E-state index is -0.201. The predicted molar refractivity (Wildman–Crippen MR) is 96.6 cm³/mol. The number of nitrogens with two attached hydrogens (primary N) is 1. The molecule has 2 heterocycles. The van der Waals surface area contributed by atoms with Crippen LogP contribution in [0.15, 0.2) is 12.3 Å². The van der Waals surface area contributed by atoms with Crippen molar-refractivity contribution >= 4 is 5.91 Å². The Kier molecular flexibility index (Phi) is 6.40. The van der Waals surface area contributed by atoms with Gasteiger partial charge in [-0.05, 0) is 39.2 Å². The Morgan fingerprint density at radius 2 is 2.21 bits per heavy atom. The van der Waals surface area contributed by atoms with Crippen LogP contribution in [0.4, 0.5) is 0 Å². The van der Waals surface area contributed by atoms with Crippen LogP contribution in [-0.2, 0) is 11.3 Å². The molecule has 2 rings (SSSR count). The first-order valence-electron chi connectivity index (χ1n) is 9.07. The van der Waals surface area contributed by atoms with Crippen LogP contribution in [0, 0.1) is 12.8 Å². The van der Waals surface area contributed by atoms with Crippen molar-refractivity contribution in [2.24, 2.45) is 11.7 Å². The van der Waals surface area contributed by atoms with Gasteiger partial charge >= 0.3 is 0 Å². The van der Waals surface area contributed by atoms with Gasteiger partial charge in [-0.3, -0.25) is 14.4 Å². The van der Waals surface area contributed by atoms with Gasteiger partial charge in [-0.15, -0.1) is 0 Å². The summed E-state index contributed by atoms with van der Waals surface area (Å²) in [5.41, 5.74) is 6.94. The number of aromatic nitrogens is 2. The molecule has 1 aliphatic rings. The van der Waals surface area contributed by atoms with E-state index in [1.807, 2.05) is 23.9 Å². The molecular weight excluding hydrogens is 302 g/mol. The molecule has 1 aromatic heterocycles. The quantitative estimate of drug-likeness (QED) is 0.755. The molecule has 136 valence electrons. The minimum Gasteiger partial charge on any atom is -0.352 e. The Labute approximate surface area is 145 Å². The van der Waals surface area contributed by atoms with E-state index in [0.29, 0.717) is 18.9 Å². The van der Waals surface area contributed by atoms with E-state index in [0.717, 1.165) is 38.2 Å². The molecule has 1 aliphatic heterocycles. The third-order valence-electron chi connectivity index (χ3n) is 4.50. The molecule has 0 aliphatic carbocycles. The molecule has 24 heavy (non-hydrogen) atoms. The number of hydrogen-bond donors (Lipinski definition) is 2. The lowest BCUT2D eigenvalue weighted by molar-refractivity contribution is -0.122. The summed E-state index contributed by atoms with van der Waals surface area (Å²) in [6.07, 6.45) is 4.68. The van der Waals surface area contributed by atoms with Gasteiger partial charge < -0.3 is 11.1 Å². The number of carbonyl (C=O) groups excluding carboxylic acids is 1. The maximum Gasteiger partial charge on any atom is 0.222 e. The first kappa shape index (κ1) is 18.9. The molecular formula is C18H33N5O. The summed E-state index contributed by atoms with van der Waals surface area (Å²) in [4.78, 5) is 14.7. The zero-order valence-electron chi connectivity index (χ0n) is 15.6. The molecule has 6 nitrogen and oxygen atoms in total. The lowest BCUT2D eigenvalue weighted by Crippen LogP contribution is -2.46. The van der Waals surface area contributed by atoms with Gasteiger partial charge in [0.25, 0.3) is 0 Å². The van der Waals surface area contributed by atoms with Gasteiger partial charge in [0.15, 0.2) is 0 Å². The van der Waals surface area contributed by atoms with Gasteiger partial charge in [-0.1, -0.05) is 13.3 Å². The second kappa shape index (κ2) is 8.12. The van der Waals surface area contributed by atoms with Crippen LogP contribution >= 0.6 is 0 Å². The van der Waals surface area contributed by atoms with E-state index in [-0.39, 0.29) is 17.5 Å². The average molecular weight is 335 g/mol. The Hall–Kier alpha value is -1.40. The molecule has 2 atom stereocenters. The van der Waals surface area contributed by atoms with E-state index in [2.05, 4.69) is 36.1 Å². The third kappa shape index (κ3) is 5.91. The highest BCUT2D eigenvalue weighted by atomic mass is 16.1. The standard InChI is InChI=1S/C18H33N5O/c1-5-6-15-11-22(13-18(3,4)19)12-16(15)20-17(24)8-10-23-9-7-14(2)21-23/h7,9,15-16H,5-6,8,10-13,19H2,1-4H3,(H,20,24)/t15-,16-/m1/s1. The Morgan fingerprint density at radius 1 is 1.46 bits per heavy atom. The molecule has 1 aromatic rings. The Bertz CT molecular complexity index is 534. The molecule has 0 spiro atoms. The summed E-state index contributed by atoms with van der Waals surface area (Å²) in [5.74, 6) is 0.636. The second-order valence-electron chi connectivity index (χ2n) is 7.88. The number of nitrogens with zero attached hydrogens (tertiary/aromatic N) is 3. The smallest absolute Gasteiger partial charge is 0.222 e. The summed E-state index contributed by atoms with van der Waals surface area (Å²) < 4.78 is 1.83. The van der Waals surface area contributed by atoms with Gasteiger partial charge in [0.2, 0.25) is 5.91 Å². The van der Waals surface area contributed by atoms with E-state index in [1.165, 1.54) is 0 Å². The normalized spacial score (nSPS) is 22.0. The molecule has 0 aromatic carbocycles. The number of likely N-dealkylation sites (tertiary alicyclic amines) is 1. The maximum absolute atomic E-state index is 12.3. The summed E-state index contributed by atoms with van der Waals surface area (Å²) in [6, 6.07) is 2.19. The molecule has 0 unspecified atom stereocenters. The van der Waals surface area contributed by atoms with Crippen molar-refractivity contribution in [3.8, 4) is 0 Å². The van der Waals surface area contributed by atoms with Crippen molar-refractivity contribution in [1.29, 1.82) is 0 Å². The SMILES string of the molecule is CCC[C@@H]1CN(CC(C)(C)N)C[C@H]1NC(=O)CCn1ccc(C)n1. The fourth-order valence-corrected chi connectivity index (χ4v) is 3.58. The lowest BCUT2D eigenvalue weighted by Gasteiger charge is -2.26. The number of hydrogen-bond acceptors (Lipinski definition) is 4. The summed E-state index contributed by atoms with van der Waals surface area (Å²) >= 11 is 0. The van der Waals surface area contributed by atoms with Crippen LogP contribution in [0.2, 0.25) is 0 Å². The number of aryl methyl sites for hydroxylation is 2. The molecule has 0 radical (unpaired) electrons. The van der Waals surface area contributed by atoms with Gasteiger partial charge in [0.1, 0.15) is 0 Å². The second-order valence-corrected chi connectivity index (χ2v) is 7.88. The number of rotatable bonds is 8. The summed E-state index contributed by atoms with van der Waals surface area (Å²) in [6.45, 7) is 11.7. The molecule has 3 N–H and O–H groups in total. The zero-order valence-corrected chi connectivity index (χ0v) is 15.6. The van der Waals surface area contributed by atoms with Gasteiger partial charge in [0.05, 0.1) is 5.69 Å². The highest BCUT2D eigenvalue weighted by Crippen LogP contribution is 2.23. The van der Waals surface area contributed by atoms with Crippen LogP contribution in [0.25, 0.3) is 0 Å². The first-order valence-corrected chi connectivity index (χ1v) is 9.07. The monoisotopic (exact) mass is 335 g/mol. The molecule has 1 amide bonds. The largest absolute Gasteiger partial charge is 0.352 e. The van der Waals surface area contributed by atoms with E-state index < -0.39 is 0 Å². The maximum atomic E-state index is 12.3. The van der Waals surface area contributed by atoms with Crippen LogP contribution in [0.5, 0.6) is 0 Å². The van der Waals surface area contributed by atoms with Crippen molar-refractivity contribution in [2.45, 2.75) is 65.1 Å². The van der Waals surface area contributed by atoms with Gasteiger partial charge in [0, 0.05) is 50.4 Å². The van der Waals surface area contributed by atoms with E-state index in [9.17, 15) is 4.79 Å². The molecule has 1 fully saturated rings. The van der Waals surface area contributed by atoms with Crippen LogP contribution in [-0.4, -0.2) is 51.8 Å². The fraction of sp³-hybridized carbons (Fsp3) is 0.778. The van der Waals surface area contributed by atoms with Gasteiger partial charge in [-0.2, -0.15) is 5.10 Å². The lowest BCUT2D eigenvalue weighted by atomic mass is 9.98. The Morgan fingerprint density at radius 3 is 2.79 bits per heavy atom. The molecule has 6 heteroatoms. The summed E-state index contributed by atoms with van der Waals surface area (Å²) in [5, 5.41) is 7.57. The van der Waals surface area contributed by atoms with E-state index in [4.69, 9.17) is 5.73 Å². The van der Waals surface area contributed by atoms with E-state index in [1.54, 1.807) is 0 Å². The van der Waals surface area contributed by atoms with Crippen molar-refractivity contribution < 1.29 is 4.79 Å². The highest BCUT2D eigenvalue weighted by Gasteiger charge is 2.34. The van der Waals surface area contributed by atoms with Crippen LogP contribution < -0.4 is 11.1 Å². The molecule has 0 bridgehead atoms. The van der Waals surface area contributed by atoms with Crippen molar-refractivity contribution in [2.75, 3.05) is 19.6 Å². The van der Waals surface area contributed by atoms with Crippen molar-refractivity contribution in [3.05, 3.63) is 18.0 Å². The zero-order chi connectivity index (χ0) is 17.7.